The fraction of sp³-hybridized carbons (Fsp3) is 0.143. The van der Waals surface area contributed by atoms with E-state index in [2.05, 4.69) is 20.9 Å². The molecule has 0 fully saturated rings. The predicted molar refractivity (Wildman–Crippen MR) is 102 cm³/mol. The molecule has 0 radical (unpaired) electrons. The molecule has 0 N–H and O–H groups in total. The lowest BCUT2D eigenvalue weighted by Gasteiger charge is -2.28. The third-order valence-corrected chi connectivity index (χ3v) is 4.59. The largest absolute Gasteiger partial charge is 0.460 e. The van der Waals surface area contributed by atoms with E-state index in [-0.39, 0.29) is 12.3 Å². The van der Waals surface area contributed by atoms with E-state index < -0.39 is 12.3 Å². The monoisotopic (exact) mass is 425 g/mol. The second kappa shape index (κ2) is 7.90. The van der Waals surface area contributed by atoms with Crippen molar-refractivity contribution >= 4 is 21.9 Å². The topological polar surface area (TPSA) is 57.7 Å². The van der Waals surface area contributed by atoms with Gasteiger partial charge in [-0.25, -0.2) is 9.78 Å². The fourth-order valence-corrected chi connectivity index (χ4v) is 3.41. The van der Waals surface area contributed by atoms with Crippen molar-refractivity contribution in [2.45, 2.75) is 19.5 Å². The van der Waals surface area contributed by atoms with Gasteiger partial charge in [-0.3, -0.25) is 0 Å². The summed E-state index contributed by atoms with van der Waals surface area (Å²) in [6, 6.07) is 18.7. The van der Waals surface area contributed by atoms with Crippen LogP contribution in [0, 0.1) is 0 Å². The molecule has 1 aliphatic rings. The second-order valence-electron chi connectivity index (χ2n) is 6.02. The molecule has 1 aromatic heterocycles. The first kappa shape index (κ1) is 17.7. The second-order valence-corrected chi connectivity index (χ2v) is 6.93. The van der Waals surface area contributed by atoms with Gasteiger partial charge in [0, 0.05) is 27.4 Å². The fourth-order valence-electron chi connectivity index (χ4n) is 2.86. The van der Waals surface area contributed by atoms with E-state index in [9.17, 15) is 4.79 Å². The summed E-state index contributed by atoms with van der Waals surface area (Å²) >= 11 is 3.49. The third-order valence-electron chi connectivity index (χ3n) is 4.13. The van der Waals surface area contributed by atoms with Gasteiger partial charge in [0.1, 0.15) is 18.1 Å². The van der Waals surface area contributed by atoms with Crippen molar-refractivity contribution in [3.05, 3.63) is 93.7 Å². The summed E-state index contributed by atoms with van der Waals surface area (Å²) in [5.41, 5.74) is 2.88. The van der Waals surface area contributed by atoms with E-state index in [1.165, 1.54) is 0 Å². The van der Waals surface area contributed by atoms with Gasteiger partial charge in [0.15, 0.2) is 0 Å². The number of fused-ring (bicyclic) bond motifs is 1. The number of hydrogen-bond acceptors (Lipinski definition) is 5. The molecule has 136 valence electrons. The highest BCUT2D eigenvalue weighted by Crippen LogP contribution is 2.38. The van der Waals surface area contributed by atoms with Gasteiger partial charge in [0.05, 0.1) is 6.61 Å². The van der Waals surface area contributed by atoms with Crippen LogP contribution in [0.3, 0.4) is 0 Å². The summed E-state index contributed by atoms with van der Waals surface area (Å²) in [7, 11) is 0. The van der Waals surface area contributed by atoms with Crippen LogP contribution in [0.4, 0.5) is 0 Å². The Balaban J connectivity index is 1.55. The third kappa shape index (κ3) is 4.02. The summed E-state index contributed by atoms with van der Waals surface area (Å²) in [6.07, 6.45) is 1.06. The Labute approximate surface area is 165 Å². The van der Waals surface area contributed by atoms with Crippen molar-refractivity contribution in [3.63, 3.8) is 0 Å². The zero-order valence-corrected chi connectivity index (χ0v) is 15.9. The van der Waals surface area contributed by atoms with Crippen molar-refractivity contribution in [2.24, 2.45) is 0 Å². The molecule has 1 atom stereocenters. The first-order chi connectivity index (χ1) is 13.2. The molecule has 4 rings (SSSR count). The molecule has 2 aromatic carbocycles. The van der Waals surface area contributed by atoms with E-state index in [4.69, 9.17) is 14.2 Å². The van der Waals surface area contributed by atoms with Gasteiger partial charge in [-0.05, 0) is 24.3 Å². The number of nitrogens with zero attached hydrogens (tertiary/aromatic N) is 1. The lowest BCUT2D eigenvalue weighted by atomic mass is 10.1. The van der Waals surface area contributed by atoms with Crippen molar-refractivity contribution in [2.75, 3.05) is 0 Å². The number of halogens is 1. The quantitative estimate of drug-likeness (QED) is 0.561. The number of ether oxygens (including phenoxy) is 3. The van der Waals surface area contributed by atoms with Crippen LogP contribution in [0.1, 0.15) is 33.5 Å². The molecule has 1 aliphatic heterocycles. The zero-order chi connectivity index (χ0) is 18.6. The van der Waals surface area contributed by atoms with Crippen molar-refractivity contribution in [1.82, 2.24) is 4.98 Å². The van der Waals surface area contributed by atoms with Crippen molar-refractivity contribution in [1.29, 1.82) is 0 Å². The van der Waals surface area contributed by atoms with Gasteiger partial charge < -0.3 is 14.2 Å². The van der Waals surface area contributed by atoms with E-state index in [1.54, 1.807) is 24.4 Å². The summed E-state index contributed by atoms with van der Waals surface area (Å²) < 4.78 is 18.2. The molecular weight excluding hydrogens is 410 g/mol. The standard InChI is InChI=1S/C21H16BrNO4/c22-17-10-15(12-25-20(24)18-8-4-5-9-23-18)19-16(11-17)13-26-21(27-19)14-6-2-1-3-7-14/h1-11,21H,12-13H2/t21-/m1/s1. The number of carbonyl (C=O) groups is 1. The van der Waals surface area contributed by atoms with Crippen molar-refractivity contribution in [3.8, 4) is 5.75 Å². The van der Waals surface area contributed by atoms with E-state index in [1.807, 2.05) is 42.5 Å². The van der Waals surface area contributed by atoms with Crippen LogP contribution in [0.15, 0.2) is 71.3 Å². The van der Waals surface area contributed by atoms with Crippen LogP contribution in [0.5, 0.6) is 5.75 Å². The molecule has 5 nitrogen and oxygen atoms in total. The Morgan fingerprint density at radius 3 is 2.74 bits per heavy atom. The van der Waals surface area contributed by atoms with Crippen LogP contribution in [0.25, 0.3) is 0 Å². The number of aromatic nitrogens is 1. The van der Waals surface area contributed by atoms with E-state index >= 15 is 0 Å². The number of hydrogen-bond donors (Lipinski definition) is 0. The van der Waals surface area contributed by atoms with Gasteiger partial charge in [-0.1, -0.05) is 52.3 Å². The van der Waals surface area contributed by atoms with Crippen molar-refractivity contribution < 1.29 is 19.0 Å². The molecule has 0 spiro atoms. The first-order valence-corrected chi connectivity index (χ1v) is 9.22. The summed E-state index contributed by atoms with van der Waals surface area (Å²) in [5.74, 6) is 0.211. The Morgan fingerprint density at radius 2 is 1.96 bits per heavy atom. The average molecular weight is 426 g/mol. The number of esters is 1. The highest BCUT2D eigenvalue weighted by Gasteiger charge is 2.25. The van der Waals surface area contributed by atoms with Crippen LogP contribution in [-0.2, 0) is 22.7 Å². The number of pyridine rings is 1. The van der Waals surface area contributed by atoms with Gasteiger partial charge >= 0.3 is 5.97 Å². The molecule has 0 unspecified atom stereocenters. The maximum absolute atomic E-state index is 12.2. The molecule has 0 amide bonds. The maximum atomic E-state index is 12.2. The molecule has 2 heterocycles. The van der Waals surface area contributed by atoms with Gasteiger partial charge in [0.25, 0.3) is 0 Å². The summed E-state index contributed by atoms with van der Waals surface area (Å²) in [4.78, 5) is 16.2. The predicted octanol–water partition coefficient (Wildman–Crippen LogP) is 4.81. The van der Waals surface area contributed by atoms with Gasteiger partial charge in [0.2, 0.25) is 6.29 Å². The summed E-state index contributed by atoms with van der Waals surface area (Å²) in [5, 5.41) is 0. The van der Waals surface area contributed by atoms with Crippen LogP contribution in [-0.4, -0.2) is 11.0 Å². The molecule has 3 aromatic rings. The molecule has 0 bridgehead atoms. The van der Waals surface area contributed by atoms with Gasteiger partial charge in [-0.15, -0.1) is 0 Å². The lowest BCUT2D eigenvalue weighted by molar-refractivity contribution is -0.112. The van der Waals surface area contributed by atoms with Gasteiger partial charge in [-0.2, -0.15) is 0 Å². The average Bonchev–Trinajstić information content (AvgIpc) is 2.72. The minimum Gasteiger partial charge on any atom is -0.460 e. The van der Waals surface area contributed by atoms with E-state index in [0.717, 1.165) is 21.2 Å². The Bertz CT molecular complexity index is 947. The number of rotatable bonds is 4. The molecule has 0 saturated carbocycles. The first-order valence-electron chi connectivity index (χ1n) is 8.43. The van der Waals surface area contributed by atoms with Crippen LogP contribution >= 0.6 is 15.9 Å². The number of benzene rings is 2. The molecule has 6 heteroatoms. The Kier molecular flexibility index (Phi) is 5.18. The SMILES string of the molecule is O=C(OCc1cc(Br)cc2c1O[C@H](c1ccccc1)OC2)c1ccccn1. The molecular formula is C21H16BrNO4. The lowest BCUT2D eigenvalue weighted by Crippen LogP contribution is -2.19. The molecule has 0 saturated heterocycles. The molecule has 0 aliphatic carbocycles. The Morgan fingerprint density at radius 1 is 1.15 bits per heavy atom. The summed E-state index contributed by atoms with van der Waals surface area (Å²) in [6.45, 7) is 0.494. The number of carbonyl (C=O) groups excluding carboxylic acids is 1. The normalized spacial score (nSPS) is 15.5. The highest BCUT2D eigenvalue weighted by atomic mass is 79.9. The van der Waals surface area contributed by atoms with E-state index in [0.29, 0.717) is 12.4 Å². The Hall–Kier alpha value is -2.70. The maximum Gasteiger partial charge on any atom is 0.357 e. The zero-order valence-electron chi connectivity index (χ0n) is 14.3. The minimum absolute atomic E-state index is 0.0820. The molecule has 27 heavy (non-hydrogen) atoms. The highest BCUT2D eigenvalue weighted by molar-refractivity contribution is 9.10. The van der Waals surface area contributed by atoms with Crippen LogP contribution in [0.2, 0.25) is 0 Å². The van der Waals surface area contributed by atoms with Crippen LogP contribution < -0.4 is 4.74 Å². The minimum atomic E-state index is -0.495. The smallest absolute Gasteiger partial charge is 0.357 e.